The third-order valence-corrected chi connectivity index (χ3v) is 2.37. The summed E-state index contributed by atoms with van der Waals surface area (Å²) in [6.45, 7) is 0. The molecule has 0 aromatic heterocycles. The van der Waals surface area contributed by atoms with E-state index in [1.54, 1.807) is 0 Å². The molecule has 66 valence electrons. The number of ether oxygens (including phenoxy) is 1. The number of halogens is 2. The highest BCUT2D eigenvalue weighted by atomic mass is 35.5. The lowest BCUT2D eigenvalue weighted by Crippen LogP contribution is -2.33. The molecule has 1 saturated heterocycles. The molecule has 0 saturated carbocycles. The van der Waals surface area contributed by atoms with E-state index in [9.17, 15) is 10.2 Å². The monoisotopic (exact) mass is 200 g/mol. The van der Waals surface area contributed by atoms with Crippen LogP contribution in [0.4, 0.5) is 0 Å². The van der Waals surface area contributed by atoms with Gasteiger partial charge in [0.1, 0.15) is 24.4 Å². The number of rotatable bonds is 2. The summed E-state index contributed by atoms with van der Waals surface area (Å²) in [5.41, 5.74) is 0. The standard InChI is InChI=1S/C6H10Cl2O3/c7-1-3-5(9)6(10)4(2-8)11-3/h3-6,9-10H,1-2H2/t3-,4+,5-,6-/m1/s1. The van der Waals surface area contributed by atoms with Gasteiger partial charge in [0.05, 0.1) is 11.8 Å². The van der Waals surface area contributed by atoms with E-state index < -0.39 is 24.4 Å². The van der Waals surface area contributed by atoms with E-state index in [1.807, 2.05) is 0 Å². The second-order valence-corrected chi connectivity index (χ2v) is 3.12. The molecule has 0 radical (unpaired) electrons. The number of hydrogen-bond acceptors (Lipinski definition) is 3. The van der Waals surface area contributed by atoms with Gasteiger partial charge in [0.2, 0.25) is 0 Å². The van der Waals surface area contributed by atoms with Crippen molar-refractivity contribution in [2.24, 2.45) is 0 Å². The molecule has 1 fully saturated rings. The van der Waals surface area contributed by atoms with E-state index in [0.29, 0.717) is 0 Å². The minimum atomic E-state index is -0.906. The zero-order chi connectivity index (χ0) is 8.43. The van der Waals surface area contributed by atoms with Gasteiger partial charge in [-0.15, -0.1) is 23.2 Å². The summed E-state index contributed by atoms with van der Waals surface area (Å²) < 4.78 is 5.12. The van der Waals surface area contributed by atoms with Crippen LogP contribution in [0.3, 0.4) is 0 Å². The molecular weight excluding hydrogens is 191 g/mol. The van der Waals surface area contributed by atoms with Gasteiger partial charge in [0.15, 0.2) is 0 Å². The molecule has 0 unspecified atom stereocenters. The Bertz CT molecular complexity index is 115. The van der Waals surface area contributed by atoms with E-state index in [4.69, 9.17) is 27.9 Å². The molecule has 1 rings (SSSR count). The average Bonchev–Trinajstić information content (AvgIpc) is 2.30. The maximum atomic E-state index is 9.24. The topological polar surface area (TPSA) is 49.7 Å². The normalized spacial score (nSPS) is 44.7. The van der Waals surface area contributed by atoms with Crippen molar-refractivity contribution in [3.63, 3.8) is 0 Å². The minimum Gasteiger partial charge on any atom is -0.388 e. The Morgan fingerprint density at radius 3 is 1.55 bits per heavy atom. The smallest absolute Gasteiger partial charge is 0.110 e. The van der Waals surface area contributed by atoms with Crippen LogP contribution in [0.25, 0.3) is 0 Å². The van der Waals surface area contributed by atoms with E-state index in [0.717, 1.165) is 0 Å². The van der Waals surface area contributed by atoms with Crippen LogP contribution in [0, 0.1) is 0 Å². The van der Waals surface area contributed by atoms with Crippen molar-refractivity contribution < 1.29 is 14.9 Å². The molecule has 1 aliphatic rings. The first-order valence-electron chi connectivity index (χ1n) is 3.34. The summed E-state index contributed by atoms with van der Waals surface area (Å²) in [6, 6.07) is 0. The van der Waals surface area contributed by atoms with E-state index in [2.05, 4.69) is 0 Å². The zero-order valence-electron chi connectivity index (χ0n) is 5.78. The Kier molecular flexibility index (Phi) is 3.40. The lowest BCUT2D eigenvalue weighted by Gasteiger charge is -2.10. The lowest BCUT2D eigenvalue weighted by atomic mass is 10.1. The molecule has 1 heterocycles. The van der Waals surface area contributed by atoms with Crippen molar-refractivity contribution in [3.8, 4) is 0 Å². The van der Waals surface area contributed by atoms with Gasteiger partial charge in [-0.1, -0.05) is 0 Å². The van der Waals surface area contributed by atoms with Gasteiger partial charge in [-0.2, -0.15) is 0 Å². The van der Waals surface area contributed by atoms with Crippen molar-refractivity contribution in [2.45, 2.75) is 24.4 Å². The Morgan fingerprint density at radius 2 is 1.36 bits per heavy atom. The number of aliphatic hydroxyl groups is 2. The summed E-state index contributed by atoms with van der Waals surface area (Å²) in [5, 5.41) is 18.5. The molecular formula is C6H10Cl2O3. The maximum Gasteiger partial charge on any atom is 0.110 e. The molecule has 0 bridgehead atoms. The second kappa shape index (κ2) is 3.92. The maximum absolute atomic E-state index is 9.24. The fourth-order valence-electron chi connectivity index (χ4n) is 1.08. The third-order valence-electron chi connectivity index (χ3n) is 1.77. The SMILES string of the molecule is O[C@H]1[C@H](O)[C@@H](CCl)O[C@H]1CCl. The summed E-state index contributed by atoms with van der Waals surface area (Å²) in [4.78, 5) is 0. The van der Waals surface area contributed by atoms with Crippen molar-refractivity contribution in [1.82, 2.24) is 0 Å². The first-order chi connectivity index (χ1) is 5.20. The molecule has 0 amide bonds. The highest BCUT2D eigenvalue weighted by Crippen LogP contribution is 2.22. The van der Waals surface area contributed by atoms with Crippen molar-refractivity contribution >= 4 is 23.2 Å². The molecule has 5 heteroatoms. The van der Waals surface area contributed by atoms with E-state index in [1.165, 1.54) is 0 Å². The molecule has 2 N–H and O–H groups in total. The van der Waals surface area contributed by atoms with Crippen LogP contribution in [0.15, 0.2) is 0 Å². The molecule has 3 nitrogen and oxygen atoms in total. The van der Waals surface area contributed by atoms with Crippen molar-refractivity contribution in [3.05, 3.63) is 0 Å². The first kappa shape index (κ1) is 9.55. The summed E-state index contributed by atoms with van der Waals surface area (Å²) >= 11 is 10.9. The van der Waals surface area contributed by atoms with Crippen LogP contribution in [-0.4, -0.2) is 46.4 Å². The highest BCUT2D eigenvalue weighted by Gasteiger charge is 2.41. The zero-order valence-corrected chi connectivity index (χ0v) is 7.29. The molecule has 4 atom stereocenters. The van der Waals surface area contributed by atoms with E-state index >= 15 is 0 Å². The van der Waals surface area contributed by atoms with Crippen LogP contribution in [0.1, 0.15) is 0 Å². The first-order valence-corrected chi connectivity index (χ1v) is 4.41. The fourth-order valence-corrected chi connectivity index (χ4v) is 1.59. The van der Waals surface area contributed by atoms with Crippen LogP contribution in [-0.2, 0) is 4.74 Å². The Balaban J connectivity index is 2.53. The quantitative estimate of drug-likeness (QED) is 0.616. The molecule has 11 heavy (non-hydrogen) atoms. The van der Waals surface area contributed by atoms with Crippen LogP contribution < -0.4 is 0 Å². The predicted molar refractivity (Wildman–Crippen MR) is 42.1 cm³/mol. The lowest BCUT2D eigenvalue weighted by molar-refractivity contribution is 0.0318. The molecule has 0 spiro atoms. The van der Waals surface area contributed by atoms with Gasteiger partial charge in [0, 0.05) is 0 Å². The van der Waals surface area contributed by atoms with Gasteiger partial charge in [0.25, 0.3) is 0 Å². The Labute approximate surface area is 74.9 Å². The van der Waals surface area contributed by atoms with Crippen LogP contribution in [0.5, 0.6) is 0 Å². The number of alkyl halides is 2. The van der Waals surface area contributed by atoms with Crippen molar-refractivity contribution in [2.75, 3.05) is 11.8 Å². The minimum absolute atomic E-state index is 0.172. The predicted octanol–water partition coefficient (Wildman–Crippen LogP) is -0.0468. The number of aliphatic hydroxyl groups excluding tert-OH is 2. The molecule has 0 aromatic carbocycles. The van der Waals surface area contributed by atoms with Gasteiger partial charge in [-0.25, -0.2) is 0 Å². The van der Waals surface area contributed by atoms with Gasteiger partial charge < -0.3 is 14.9 Å². The Hall–Kier alpha value is 0.460. The molecule has 0 aromatic rings. The van der Waals surface area contributed by atoms with Crippen molar-refractivity contribution in [1.29, 1.82) is 0 Å². The van der Waals surface area contributed by atoms with Gasteiger partial charge in [-0.3, -0.25) is 0 Å². The van der Waals surface area contributed by atoms with Gasteiger partial charge in [-0.05, 0) is 0 Å². The largest absolute Gasteiger partial charge is 0.388 e. The van der Waals surface area contributed by atoms with Gasteiger partial charge >= 0.3 is 0 Å². The third kappa shape index (κ3) is 1.79. The van der Waals surface area contributed by atoms with Crippen LogP contribution >= 0.6 is 23.2 Å². The average molecular weight is 201 g/mol. The summed E-state index contributed by atoms with van der Waals surface area (Å²) in [5.74, 6) is 0.344. The number of hydrogen-bond donors (Lipinski definition) is 2. The molecule has 0 aliphatic carbocycles. The summed E-state index contributed by atoms with van der Waals surface area (Å²) in [7, 11) is 0. The highest BCUT2D eigenvalue weighted by molar-refractivity contribution is 6.18. The van der Waals surface area contributed by atoms with E-state index in [-0.39, 0.29) is 11.8 Å². The molecule has 1 aliphatic heterocycles. The Morgan fingerprint density at radius 1 is 1.00 bits per heavy atom. The second-order valence-electron chi connectivity index (χ2n) is 2.50. The van der Waals surface area contributed by atoms with Crippen LogP contribution in [0.2, 0.25) is 0 Å². The summed E-state index contributed by atoms with van der Waals surface area (Å²) in [6.07, 6.45) is -2.79. The fraction of sp³-hybridized carbons (Fsp3) is 1.00.